The van der Waals surface area contributed by atoms with E-state index in [1.807, 2.05) is 0 Å². The van der Waals surface area contributed by atoms with Crippen LogP contribution >= 0.6 is 0 Å². The molecule has 1 saturated heterocycles. The van der Waals surface area contributed by atoms with Crippen LogP contribution in [-0.4, -0.2) is 37.6 Å². The summed E-state index contributed by atoms with van der Waals surface area (Å²) in [5, 5.41) is 3.41. The average molecular weight is 338 g/mol. The summed E-state index contributed by atoms with van der Waals surface area (Å²) in [6.07, 6.45) is 3.57. The monoisotopic (exact) mass is 338 g/mol. The molecule has 3 rings (SSSR count). The zero-order chi connectivity index (χ0) is 17.3. The van der Waals surface area contributed by atoms with E-state index in [1.54, 1.807) is 0 Å². The fourth-order valence-corrected chi connectivity index (χ4v) is 3.36. The van der Waals surface area contributed by atoms with E-state index >= 15 is 0 Å². The summed E-state index contributed by atoms with van der Waals surface area (Å²) in [4.78, 5) is 2.57. The molecule has 1 fully saturated rings. The van der Waals surface area contributed by atoms with E-state index in [0.29, 0.717) is 6.61 Å². The Balaban J connectivity index is 1.47. The molecule has 3 nitrogen and oxygen atoms in total. The number of hydrogen-bond donors (Lipinski definition) is 1. The van der Waals surface area contributed by atoms with E-state index < -0.39 is 0 Å². The third-order valence-corrected chi connectivity index (χ3v) is 5.00. The fraction of sp³-hybridized carbons (Fsp3) is 0.455. The van der Waals surface area contributed by atoms with Crippen LogP contribution in [0.25, 0.3) is 0 Å². The van der Waals surface area contributed by atoms with E-state index in [4.69, 9.17) is 4.74 Å². The van der Waals surface area contributed by atoms with Crippen molar-refractivity contribution in [2.24, 2.45) is 0 Å². The summed E-state index contributed by atoms with van der Waals surface area (Å²) < 4.78 is 6.13. The lowest BCUT2D eigenvalue weighted by Gasteiger charge is -2.27. The summed E-state index contributed by atoms with van der Waals surface area (Å²) in [5.74, 6) is 1.04. The van der Waals surface area contributed by atoms with E-state index in [9.17, 15) is 0 Å². The number of nitrogens with one attached hydrogen (secondary N) is 1. The molecule has 0 saturated carbocycles. The summed E-state index contributed by atoms with van der Waals surface area (Å²) in [6.45, 7) is 8.65. The third-order valence-electron chi connectivity index (χ3n) is 5.00. The highest BCUT2D eigenvalue weighted by Crippen LogP contribution is 2.22. The van der Waals surface area contributed by atoms with Crippen molar-refractivity contribution in [2.75, 3.05) is 32.7 Å². The second kappa shape index (κ2) is 9.59. The zero-order valence-corrected chi connectivity index (χ0v) is 15.3. The average Bonchev–Trinajstić information content (AvgIpc) is 2.66. The van der Waals surface area contributed by atoms with E-state index in [-0.39, 0.29) is 0 Å². The Hall–Kier alpha value is -1.84. The SMILES string of the molecule is Cc1ccccc1COc1ccccc1CCCCN1CCNCC1. The van der Waals surface area contributed by atoms with Gasteiger partial charge in [-0.25, -0.2) is 0 Å². The van der Waals surface area contributed by atoms with Crippen molar-refractivity contribution in [1.82, 2.24) is 10.2 Å². The number of rotatable bonds is 8. The van der Waals surface area contributed by atoms with Crippen LogP contribution in [0.3, 0.4) is 0 Å². The molecule has 1 aliphatic heterocycles. The largest absolute Gasteiger partial charge is 0.489 e. The van der Waals surface area contributed by atoms with Gasteiger partial charge in [0.2, 0.25) is 0 Å². The smallest absolute Gasteiger partial charge is 0.122 e. The first-order valence-electron chi connectivity index (χ1n) is 9.51. The van der Waals surface area contributed by atoms with E-state index in [1.165, 1.54) is 49.2 Å². The van der Waals surface area contributed by atoms with Crippen molar-refractivity contribution in [3.05, 3.63) is 65.2 Å². The number of nitrogens with zero attached hydrogens (tertiary/aromatic N) is 1. The van der Waals surface area contributed by atoms with Gasteiger partial charge in [-0.1, -0.05) is 42.5 Å². The topological polar surface area (TPSA) is 24.5 Å². The normalized spacial score (nSPS) is 15.2. The van der Waals surface area contributed by atoms with Crippen LogP contribution in [0.5, 0.6) is 5.75 Å². The van der Waals surface area contributed by atoms with Gasteiger partial charge in [-0.3, -0.25) is 0 Å². The Kier molecular flexibility index (Phi) is 6.89. The molecule has 0 aliphatic carbocycles. The molecule has 3 heteroatoms. The number of benzene rings is 2. The number of aryl methyl sites for hydroxylation is 2. The lowest BCUT2D eigenvalue weighted by Crippen LogP contribution is -2.43. The van der Waals surface area contributed by atoms with Crippen LogP contribution in [0.1, 0.15) is 29.5 Å². The molecule has 0 amide bonds. The van der Waals surface area contributed by atoms with Crippen molar-refractivity contribution < 1.29 is 4.74 Å². The minimum absolute atomic E-state index is 0.643. The molecule has 0 radical (unpaired) electrons. The molecule has 0 unspecified atom stereocenters. The van der Waals surface area contributed by atoms with Gasteiger partial charge >= 0.3 is 0 Å². The maximum atomic E-state index is 6.13. The Morgan fingerprint density at radius 2 is 1.64 bits per heavy atom. The Labute approximate surface area is 152 Å². The predicted molar refractivity (Wildman–Crippen MR) is 104 cm³/mol. The van der Waals surface area contributed by atoms with Crippen LogP contribution in [0.15, 0.2) is 48.5 Å². The summed E-state index contributed by atoms with van der Waals surface area (Å²) in [6, 6.07) is 16.9. The van der Waals surface area contributed by atoms with Crippen LogP contribution in [-0.2, 0) is 13.0 Å². The Morgan fingerprint density at radius 1 is 0.920 bits per heavy atom. The summed E-state index contributed by atoms with van der Waals surface area (Å²) in [5.41, 5.74) is 3.88. The molecule has 1 aliphatic rings. The summed E-state index contributed by atoms with van der Waals surface area (Å²) >= 11 is 0. The molecule has 0 spiro atoms. The Bertz CT molecular complexity index is 650. The quantitative estimate of drug-likeness (QED) is 0.741. The molecule has 0 bridgehead atoms. The maximum Gasteiger partial charge on any atom is 0.122 e. The van der Waals surface area contributed by atoms with Crippen LogP contribution in [0.4, 0.5) is 0 Å². The van der Waals surface area contributed by atoms with Gasteiger partial charge < -0.3 is 15.0 Å². The number of unbranched alkanes of at least 4 members (excludes halogenated alkanes) is 1. The lowest BCUT2D eigenvalue weighted by atomic mass is 10.1. The molecule has 1 heterocycles. The van der Waals surface area contributed by atoms with Gasteiger partial charge in [0.15, 0.2) is 0 Å². The molecule has 2 aromatic carbocycles. The predicted octanol–water partition coefficient (Wildman–Crippen LogP) is 3.80. The van der Waals surface area contributed by atoms with Gasteiger partial charge in [0.25, 0.3) is 0 Å². The van der Waals surface area contributed by atoms with E-state index in [0.717, 1.165) is 25.3 Å². The Morgan fingerprint density at radius 3 is 2.44 bits per heavy atom. The van der Waals surface area contributed by atoms with Gasteiger partial charge in [-0.05, 0) is 55.5 Å². The highest BCUT2D eigenvalue weighted by Gasteiger charge is 2.09. The fourth-order valence-electron chi connectivity index (χ4n) is 3.36. The second-order valence-electron chi connectivity index (χ2n) is 6.87. The van der Waals surface area contributed by atoms with E-state index in [2.05, 4.69) is 65.7 Å². The summed E-state index contributed by atoms with van der Waals surface area (Å²) in [7, 11) is 0. The molecular weight excluding hydrogens is 308 g/mol. The van der Waals surface area contributed by atoms with Crippen molar-refractivity contribution >= 4 is 0 Å². The first-order chi connectivity index (χ1) is 12.3. The highest BCUT2D eigenvalue weighted by atomic mass is 16.5. The van der Waals surface area contributed by atoms with Gasteiger partial charge in [-0.2, -0.15) is 0 Å². The molecule has 0 atom stereocenters. The van der Waals surface area contributed by atoms with Gasteiger partial charge in [0.05, 0.1) is 0 Å². The number of ether oxygens (including phenoxy) is 1. The number of piperazine rings is 1. The third kappa shape index (κ3) is 5.58. The molecule has 1 N–H and O–H groups in total. The standard InChI is InChI=1S/C22H30N2O/c1-19-8-2-3-11-21(19)18-25-22-12-5-4-9-20(22)10-6-7-15-24-16-13-23-14-17-24/h2-5,8-9,11-12,23H,6-7,10,13-18H2,1H3. The number of para-hydroxylation sites is 1. The van der Waals surface area contributed by atoms with Crippen LogP contribution in [0.2, 0.25) is 0 Å². The molecule has 25 heavy (non-hydrogen) atoms. The highest BCUT2D eigenvalue weighted by molar-refractivity contribution is 5.34. The van der Waals surface area contributed by atoms with Crippen molar-refractivity contribution in [3.8, 4) is 5.75 Å². The minimum Gasteiger partial charge on any atom is -0.489 e. The van der Waals surface area contributed by atoms with Gasteiger partial charge in [-0.15, -0.1) is 0 Å². The first-order valence-corrected chi connectivity index (χ1v) is 9.51. The molecule has 0 aromatic heterocycles. The molecule has 134 valence electrons. The maximum absolute atomic E-state index is 6.13. The van der Waals surface area contributed by atoms with Crippen LogP contribution in [0, 0.1) is 6.92 Å². The van der Waals surface area contributed by atoms with Crippen LogP contribution < -0.4 is 10.1 Å². The molecular formula is C22H30N2O. The van der Waals surface area contributed by atoms with Gasteiger partial charge in [0, 0.05) is 26.2 Å². The minimum atomic E-state index is 0.643. The van der Waals surface area contributed by atoms with Crippen molar-refractivity contribution in [1.29, 1.82) is 0 Å². The number of hydrogen-bond acceptors (Lipinski definition) is 3. The van der Waals surface area contributed by atoms with Gasteiger partial charge in [0.1, 0.15) is 12.4 Å². The lowest BCUT2D eigenvalue weighted by molar-refractivity contribution is 0.236. The zero-order valence-electron chi connectivity index (χ0n) is 15.3. The molecule has 2 aromatic rings. The first kappa shape index (κ1) is 18.0. The van der Waals surface area contributed by atoms with Crippen molar-refractivity contribution in [3.63, 3.8) is 0 Å². The van der Waals surface area contributed by atoms with Crippen molar-refractivity contribution in [2.45, 2.75) is 32.8 Å². The second-order valence-corrected chi connectivity index (χ2v) is 6.87.